The summed E-state index contributed by atoms with van der Waals surface area (Å²) in [6.07, 6.45) is 2.36. The molecule has 0 spiro atoms. The third-order valence-electron chi connectivity index (χ3n) is 4.69. The minimum absolute atomic E-state index is 0.185. The molecule has 2 aromatic rings. The van der Waals surface area contributed by atoms with Crippen LogP contribution in [0, 0.1) is 0 Å². The fourth-order valence-electron chi connectivity index (χ4n) is 3.55. The molecular weight excluding hydrogens is 388 g/mol. The molecule has 1 heterocycles. The third-order valence-corrected chi connectivity index (χ3v) is 4.99. The third kappa shape index (κ3) is 4.92. The number of para-hydroxylation sites is 1. The van der Waals surface area contributed by atoms with Crippen molar-refractivity contribution < 1.29 is 14.9 Å². The first-order valence-corrected chi connectivity index (χ1v) is 10.1. The molecule has 0 fully saturated rings. The van der Waals surface area contributed by atoms with E-state index in [0.29, 0.717) is 23.8 Å². The van der Waals surface area contributed by atoms with Crippen molar-refractivity contribution in [1.29, 1.82) is 0 Å². The number of hydrogen-bond acceptors (Lipinski definition) is 5. The van der Waals surface area contributed by atoms with Gasteiger partial charge in [0.15, 0.2) is 0 Å². The van der Waals surface area contributed by atoms with Gasteiger partial charge in [-0.2, -0.15) is 5.10 Å². The molecule has 0 bridgehead atoms. The van der Waals surface area contributed by atoms with E-state index in [0.717, 1.165) is 22.5 Å². The van der Waals surface area contributed by atoms with Crippen LogP contribution in [-0.4, -0.2) is 33.1 Å². The lowest BCUT2D eigenvalue weighted by atomic mass is 9.97. The molecule has 1 aliphatic rings. The van der Waals surface area contributed by atoms with Crippen molar-refractivity contribution in [2.24, 2.45) is 5.10 Å². The van der Waals surface area contributed by atoms with Gasteiger partial charge in [0.1, 0.15) is 11.5 Å². The lowest BCUT2D eigenvalue weighted by Crippen LogP contribution is -2.22. The van der Waals surface area contributed by atoms with E-state index in [1.54, 1.807) is 32.1 Å². The van der Waals surface area contributed by atoms with Crippen LogP contribution >= 0.6 is 11.6 Å². The van der Waals surface area contributed by atoms with Crippen molar-refractivity contribution in [2.75, 3.05) is 6.61 Å². The van der Waals surface area contributed by atoms with E-state index in [9.17, 15) is 10.2 Å². The van der Waals surface area contributed by atoms with Crippen molar-refractivity contribution in [3.05, 3.63) is 70.4 Å². The van der Waals surface area contributed by atoms with Crippen LogP contribution in [0.3, 0.4) is 0 Å². The summed E-state index contributed by atoms with van der Waals surface area (Å²) >= 11 is 6.37. The SMILES string of the molecule is CCOc1ccc(C2=NN(/C(C)=C/C(C)(C)O)[C@H](c3ccccc3O)C2)cc1Cl. The number of hydrogen-bond donors (Lipinski definition) is 2. The summed E-state index contributed by atoms with van der Waals surface area (Å²) in [5.41, 5.74) is 2.36. The summed E-state index contributed by atoms with van der Waals surface area (Å²) in [6, 6.07) is 12.7. The number of phenols is 1. The lowest BCUT2D eigenvalue weighted by Gasteiger charge is -2.26. The summed E-state index contributed by atoms with van der Waals surface area (Å²) in [5, 5.41) is 27.9. The summed E-state index contributed by atoms with van der Waals surface area (Å²) in [6.45, 7) is 7.81. The second-order valence-corrected chi connectivity index (χ2v) is 8.09. The maximum absolute atomic E-state index is 10.4. The smallest absolute Gasteiger partial charge is 0.137 e. The Labute approximate surface area is 176 Å². The maximum atomic E-state index is 10.4. The van der Waals surface area contributed by atoms with Crippen molar-refractivity contribution in [3.63, 3.8) is 0 Å². The number of rotatable bonds is 6. The second kappa shape index (κ2) is 8.47. The van der Waals surface area contributed by atoms with E-state index in [2.05, 4.69) is 0 Å². The van der Waals surface area contributed by atoms with E-state index < -0.39 is 5.60 Å². The number of allylic oxidation sites excluding steroid dienone is 1. The van der Waals surface area contributed by atoms with Crippen molar-refractivity contribution in [1.82, 2.24) is 5.01 Å². The van der Waals surface area contributed by atoms with E-state index in [-0.39, 0.29) is 11.8 Å². The first-order valence-electron chi connectivity index (χ1n) is 9.68. The normalized spacial score (nSPS) is 17.4. The Morgan fingerprint density at radius 1 is 1.31 bits per heavy atom. The van der Waals surface area contributed by atoms with Crippen molar-refractivity contribution in [3.8, 4) is 11.5 Å². The monoisotopic (exact) mass is 414 g/mol. The fourth-order valence-corrected chi connectivity index (χ4v) is 3.79. The molecular formula is C23H27ClN2O3. The highest BCUT2D eigenvalue weighted by molar-refractivity contribution is 6.32. The molecule has 154 valence electrons. The van der Waals surface area contributed by atoms with Gasteiger partial charge in [0.05, 0.1) is 29.0 Å². The van der Waals surface area contributed by atoms with Crippen LogP contribution in [0.25, 0.3) is 0 Å². The zero-order valence-electron chi connectivity index (χ0n) is 17.2. The van der Waals surface area contributed by atoms with Gasteiger partial charge in [0.25, 0.3) is 0 Å². The van der Waals surface area contributed by atoms with E-state index in [1.807, 2.05) is 49.2 Å². The Balaban J connectivity index is 2.01. The highest BCUT2D eigenvalue weighted by Gasteiger charge is 2.32. The van der Waals surface area contributed by atoms with Gasteiger partial charge in [-0.25, -0.2) is 0 Å². The van der Waals surface area contributed by atoms with Crippen molar-refractivity contribution in [2.45, 2.75) is 45.8 Å². The van der Waals surface area contributed by atoms with Gasteiger partial charge in [0.2, 0.25) is 0 Å². The number of aliphatic hydroxyl groups is 1. The highest BCUT2D eigenvalue weighted by Crippen LogP contribution is 2.40. The van der Waals surface area contributed by atoms with E-state index >= 15 is 0 Å². The van der Waals surface area contributed by atoms with Gasteiger partial charge in [0, 0.05) is 17.7 Å². The van der Waals surface area contributed by atoms with Gasteiger partial charge in [-0.15, -0.1) is 0 Å². The number of ether oxygens (including phenoxy) is 1. The minimum atomic E-state index is -0.978. The van der Waals surface area contributed by atoms with Crippen LogP contribution in [0.4, 0.5) is 0 Å². The Morgan fingerprint density at radius 2 is 2.03 bits per heavy atom. The molecule has 1 atom stereocenters. The highest BCUT2D eigenvalue weighted by atomic mass is 35.5. The average Bonchev–Trinajstić information content (AvgIpc) is 3.08. The predicted octanol–water partition coefficient (Wildman–Crippen LogP) is 5.27. The van der Waals surface area contributed by atoms with Crippen LogP contribution in [0.5, 0.6) is 11.5 Å². The molecule has 3 rings (SSSR count). The zero-order chi connectivity index (χ0) is 21.2. The van der Waals surface area contributed by atoms with Crippen LogP contribution in [0.1, 0.15) is 51.3 Å². The predicted molar refractivity (Wildman–Crippen MR) is 117 cm³/mol. The van der Waals surface area contributed by atoms with Gasteiger partial charge >= 0.3 is 0 Å². The molecule has 0 aromatic heterocycles. The molecule has 0 aliphatic carbocycles. The Morgan fingerprint density at radius 3 is 2.66 bits per heavy atom. The summed E-state index contributed by atoms with van der Waals surface area (Å²) in [4.78, 5) is 0. The molecule has 2 N–H and O–H groups in total. The van der Waals surface area contributed by atoms with Crippen LogP contribution in [0.2, 0.25) is 5.02 Å². The van der Waals surface area contributed by atoms with Crippen LogP contribution < -0.4 is 4.74 Å². The minimum Gasteiger partial charge on any atom is -0.508 e. The largest absolute Gasteiger partial charge is 0.508 e. The molecule has 0 saturated carbocycles. The molecule has 0 radical (unpaired) electrons. The van der Waals surface area contributed by atoms with Crippen molar-refractivity contribution >= 4 is 17.3 Å². The Kier molecular flexibility index (Phi) is 6.20. The van der Waals surface area contributed by atoms with Crippen LogP contribution in [-0.2, 0) is 0 Å². The van der Waals surface area contributed by atoms with Gasteiger partial charge in [-0.05, 0) is 63.6 Å². The standard InChI is InChI=1S/C23H27ClN2O3/c1-5-29-22-11-10-16(12-18(22)24)19-13-20(17-8-6-7-9-21(17)27)26(25-19)15(2)14-23(3,4)28/h6-12,14,20,27-28H,5,13H2,1-4H3/b15-14+/t20-/m0/s1. The quantitative estimate of drug-likeness (QED) is 0.675. The maximum Gasteiger partial charge on any atom is 0.137 e. The molecule has 2 aromatic carbocycles. The number of halogens is 1. The molecule has 1 aliphatic heterocycles. The molecule has 29 heavy (non-hydrogen) atoms. The lowest BCUT2D eigenvalue weighted by molar-refractivity contribution is 0.128. The molecule has 5 nitrogen and oxygen atoms in total. The first-order chi connectivity index (χ1) is 13.7. The number of aromatic hydroxyl groups is 1. The fraction of sp³-hybridized carbons (Fsp3) is 0.348. The van der Waals surface area contributed by atoms with Crippen LogP contribution in [0.15, 0.2) is 59.3 Å². The molecule has 0 amide bonds. The first kappa shape index (κ1) is 21.2. The number of phenolic OH excluding ortho intramolecular Hbond substituents is 1. The Hall–Kier alpha value is -2.50. The number of hydrazone groups is 1. The topological polar surface area (TPSA) is 65.3 Å². The summed E-state index contributed by atoms with van der Waals surface area (Å²) in [7, 11) is 0. The van der Waals surface area contributed by atoms with E-state index in [1.165, 1.54) is 0 Å². The van der Waals surface area contributed by atoms with Gasteiger partial charge in [-0.3, -0.25) is 5.01 Å². The molecule has 0 saturated heterocycles. The van der Waals surface area contributed by atoms with Gasteiger partial charge < -0.3 is 14.9 Å². The zero-order valence-corrected chi connectivity index (χ0v) is 17.9. The van der Waals surface area contributed by atoms with E-state index in [4.69, 9.17) is 21.4 Å². The summed E-state index contributed by atoms with van der Waals surface area (Å²) in [5.74, 6) is 0.864. The summed E-state index contributed by atoms with van der Waals surface area (Å²) < 4.78 is 5.52. The second-order valence-electron chi connectivity index (χ2n) is 7.69. The average molecular weight is 415 g/mol. The molecule has 0 unspecified atom stereocenters. The van der Waals surface area contributed by atoms with Gasteiger partial charge in [-0.1, -0.05) is 29.8 Å². The molecule has 6 heteroatoms. The number of nitrogens with zero attached hydrogens (tertiary/aromatic N) is 2. The number of benzene rings is 2. The Bertz CT molecular complexity index is 947.